The maximum Gasteiger partial charge on any atom is 0.243 e. The van der Waals surface area contributed by atoms with E-state index in [4.69, 9.17) is 0 Å². The summed E-state index contributed by atoms with van der Waals surface area (Å²) in [7, 11) is 0. The van der Waals surface area contributed by atoms with Crippen LogP contribution >= 0.6 is 0 Å². The summed E-state index contributed by atoms with van der Waals surface area (Å²) in [4.78, 5) is 11.4. The Hall–Kier alpha value is -1.39. The van der Waals surface area contributed by atoms with Crippen LogP contribution in [0.1, 0.15) is 40.0 Å². The zero-order chi connectivity index (χ0) is 15.4. The van der Waals surface area contributed by atoms with E-state index in [1.165, 1.54) is 6.08 Å². The summed E-state index contributed by atoms with van der Waals surface area (Å²) in [5.74, 6) is -0.193. The molecule has 1 amide bonds. The van der Waals surface area contributed by atoms with Crippen LogP contribution in [-0.4, -0.2) is 34.4 Å². The first-order valence-corrected chi connectivity index (χ1v) is 7.03. The fraction of sp³-hybridized carbons (Fsp3) is 0.562. The molecular formula is C16H27NO3. The lowest BCUT2D eigenvalue weighted by molar-refractivity contribution is -0.117. The molecule has 0 bridgehead atoms. The predicted molar refractivity (Wildman–Crippen MR) is 82.3 cm³/mol. The summed E-state index contributed by atoms with van der Waals surface area (Å²) in [5, 5.41) is 21.3. The van der Waals surface area contributed by atoms with Gasteiger partial charge in [0.1, 0.15) is 0 Å². The van der Waals surface area contributed by atoms with Gasteiger partial charge in [0.05, 0.1) is 11.7 Å². The fourth-order valence-corrected chi connectivity index (χ4v) is 1.25. The Labute approximate surface area is 121 Å². The van der Waals surface area contributed by atoms with Crippen molar-refractivity contribution in [2.24, 2.45) is 0 Å². The number of aliphatic hydroxyl groups excluding tert-OH is 1. The Morgan fingerprint density at radius 3 is 2.50 bits per heavy atom. The second kappa shape index (κ2) is 10.4. The number of rotatable bonds is 9. The smallest absolute Gasteiger partial charge is 0.243 e. The maximum atomic E-state index is 11.4. The van der Waals surface area contributed by atoms with Crippen LogP contribution in [0.5, 0.6) is 0 Å². The Morgan fingerprint density at radius 1 is 1.25 bits per heavy atom. The van der Waals surface area contributed by atoms with Gasteiger partial charge in [0.25, 0.3) is 0 Å². The first-order chi connectivity index (χ1) is 9.35. The van der Waals surface area contributed by atoms with E-state index in [9.17, 15) is 15.0 Å². The number of carbonyl (C=O) groups excluding carboxylic acids is 1. The van der Waals surface area contributed by atoms with Gasteiger partial charge >= 0.3 is 0 Å². The second-order valence-electron chi connectivity index (χ2n) is 5.30. The molecule has 0 fully saturated rings. The van der Waals surface area contributed by atoms with Crippen molar-refractivity contribution in [2.75, 3.05) is 6.54 Å². The predicted octanol–water partition coefficient (Wildman–Crippen LogP) is 2.09. The number of amides is 1. The standard InChI is InChI=1S/C16H27NO3/c1-4-14(18)11-9-7-5-6-8-10-12-15(19)17-13-16(2,3)20/h5,7,9-12,14,18,20H,4,6,8,13H2,1-3H3,(H,17,19)/b7-5-,11-9+,12-10+. The van der Waals surface area contributed by atoms with Crippen molar-refractivity contribution < 1.29 is 15.0 Å². The molecule has 20 heavy (non-hydrogen) atoms. The average Bonchev–Trinajstić information content (AvgIpc) is 2.38. The third-order valence-corrected chi connectivity index (χ3v) is 2.46. The topological polar surface area (TPSA) is 69.6 Å². The van der Waals surface area contributed by atoms with E-state index in [0.717, 1.165) is 12.8 Å². The normalized spacial score (nSPS) is 14.4. The summed E-state index contributed by atoms with van der Waals surface area (Å²) in [6.45, 7) is 5.45. The number of aliphatic hydroxyl groups is 2. The van der Waals surface area contributed by atoms with Crippen molar-refractivity contribution in [1.82, 2.24) is 5.32 Å². The Morgan fingerprint density at radius 2 is 1.90 bits per heavy atom. The first kappa shape index (κ1) is 18.6. The number of hydrogen-bond acceptors (Lipinski definition) is 3. The summed E-state index contributed by atoms with van der Waals surface area (Å²) in [5.41, 5.74) is -0.887. The second-order valence-corrected chi connectivity index (χ2v) is 5.30. The largest absolute Gasteiger partial charge is 0.389 e. The maximum absolute atomic E-state index is 11.4. The Kier molecular flexibility index (Phi) is 9.68. The van der Waals surface area contributed by atoms with Crippen LogP contribution in [0.3, 0.4) is 0 Å². The molecule has 0 aliphatic heterocycles. The van der Waals surface area contributed by atoms with Crippen molar-refractivity contribution in [3.8, 4) is 0 Å². The van der Waals surface area contributed by atoms with Gasteiger partial charge in [0, 0.05) is 6.54 Å². The molecular weight excluding hydrogens is 254 g/mol. The van der Waals surface area contributed by atoms with Crippen LogP contribution in [-0.2, 0) is 4.79 Å². The summed E-state index contributed by atoms with van der Waals surface area (Å²) < 4.78 is 0. The molecule has 4 heteroatoms. The molecule has 3 N–H and O–H groups in total. The lowest BCUT2D eigenvalue weighted by atomic mass is 10.1. The van der Waals surface area contributed by atoms with E-state index in [1.54, 1.807) is 26.0 Å². The SMILES string of the molecule is CCC(O)/C=C/C=C\CC/C=C/C(=O)NCC(C)(C)O. The molecule has 0 heterocycles. The van der Waals surface area contributed by atoms with E-state index >= 15 is 0 Å². The molecule has 0 rings (SSSR count). The minimum Gasteiger partial charge on any atom is -0.389 e. The van der Waals surface area contributed by atoms with Gasteiger partial charge in [0.2, 0.25) is 5.91 Å². The first-order valence-electron chi connectivity index (χ1n) is 7.03. The minimum atomic E-state index is -0.887. The highest BCUT2D eigenvalue weighted by molar-refractivity contribution is 5.87. The minimum absolute atomic E-state index is 0.193. The van der Waals surface area contributed by atoms with Crippen molar-refractivity contribution >= 4 is 5.91 Å². The van der Waals surface area contributed by atoms with E-state index < -0.39 is 5.60 Å². The van der Waals surface area contributed by atoms with E-state index in [0.29, 0.717) is 6.42 Å². The number of unbranched alkanes of at least 4 members (excludes halogenated alkanes) is 1. The van der Waals surface area contributed by atoms with Crippen molar-refractivity contribution in [1.29, 1.82) is 0 Å². The van der Waals surface area contributed by atoms with E-state index in [1.807, 2.05) is 25.2 Å². The van der Waals surface area contributed by atoms with E-state index in [2.05, 4.69) is 5.32 Å². The van der Waals surface area contributed by atoms with Crippen LogP contribution in [0.4, 0.5) is 0 Å². The lowest BCUT2D eigenvalue weighted by Crippen LogP contribution is -2.37. The quantitative estimate of drug-likeness (QED) is 0.344. The van der Waals surface area contributed by atoms with Crippen LogP contribution in [0.25, 0.3) is 0 Å². The van der Waals surface area contributed by atoms with Crippen LogP contribution in [0.15, 0.2) is 36.5 Å². The van der Waals surface area contributed by atoms with Crippen molar-refractivity contribution in [3.05, 3.63) is 36.5 Å². The third-order valence-electron chi connectivity index (χ3n) is 2.46. The summed E-state index contributed by atoms with van der Waals surface area (Å²) in [6.07, 6.45) is 12.7. The summed E-state index contributed by atoms with van der Waals surface area (Å²) in [6, 6.07) is 0. The van der Waals surface area contributed by atoms with Gasteiger partial charge < -0.3 is 15.5 Å². The molecule has 4 nitrogen and oxygen atoms in total. The number of hydrogen-bond donors (Lipinski definition) is 3. The lowest BCUT2D eigenvalue weighted by Gasteiger charge is -2.16. The molecule has 0 aliphatic carbocycles. The van der Waals surface area contributed by atoms with Gasteiger partial charge in [-0.25, -0.2) is 0 Å². The molecule has 0 aliphatic rings. The van der Waals surface area contributed by atoms with Crippen LogP contribution < -0.4 is 5.32 Å². The molecule has 114 valence electrons. The van der Waals surface area contributed by atoms with Gasteiger partial charge in [-0.15, -0.1) is 0 Å². The monoisotopic (exact) mass is 281 g/mol. The molecule has 1 unspecified atom stereocenters. The highest BCUT2D eigenvalue weighted by atomic mass is 16.3. The summed E-state index contributed by atoms with van der Waals surface area (Å²) >= 11 is 0. The van der Waals surface area contributed by atoms with Gasteiger partial charge in [-0.3, -0.25) is 4.79 Å². The highest BCUT2D eigenvalue weighted by Gasteiger charge is 2.12. The molecule has 0 aromatic heterocycles. The average molecular weight is 281 g/mol. The van der Waals surface area contributed by atoms with Crippen LogP contribution in [0, 0.1) is 0 Å². The van der Waals surface area contributed by atoms with Crippen molar-refractivity contribution in [2.45, 2.75) is 51.7 Å². The molecule has 0 aromatic rings. The van der Waals surface area contributed by atoms with Crippen LogP contribution in [0.2, 0.25) is 0 Å². The fourth-order valence-electron chi connectivity index (χ4n) is 1.25. The zero-order valence-electron chi connectivity index (χ0n) is 12.7. The van der Waals surface area contributed by atoms with Gasteiger partial charge in [-0.1, -0.05) is 37.3 Å². The Balaban J connectivity index is 3.73. The Bertz CT molecular complexity index is 351. The van der Waals surface area contributed by atoms with E-state index in [-0.39, 0.29) is 18.6 Å². The molecule has 0 radical (unpaired) electrons. The van der Waals surface area contributed by atoms with Gasteiger partial charge in [-0.2, -0.15) is 0 Å². The van der Waals surface area contributed by atoms with Crippen molar-refractivity contribution in [3.63, 3.8) is 0 Å². The van der Waals surface area contributed by atoms with Gasteiger partial charge in [0.15, 0.2) is 0 Å². The molecule has 0 spiro atoms. The highest BCUT2D eigenvalue weighted by Crippen LogP contribution is 1.98. The van der Waals surface area contributed by atoms with Gasteiger partial charge in [-0.05, 0) is 39.2 Å². The third kappa shape index (κ3) is 13.1. The molecule has 1 atom stereocenters. The molecule has 0 aromatic carbocycles. The molecule has 0 saturated carbocycles. The number of nitrogens with one attached hydrogen (secondary N) is 1. The zero-order valence-corrected chi connectivity index (χ0v) is 12.7. The number of carbonyl (C=O) groups is 1. The molecule has 0 saturated heterocycles. The number of allylic oxidation sites excluding steroid dienone is 4.